The quantitative estimate of drug-likeness (QED) is 0.463. The Labute approximate surface area is 199 Å². The van der Waals surface area contributed by atoms with Gasteiger partial charge in [0, 0.05) is 17.3 Å². The lowest BCUT2D eigenvalue weighted by Crippen LogP contribution is -2.47. The maximum absolute atomic E-state index is 13.2. The van der Waals surface area contributed by atoms with Gasteiger partial charge < -0.3 is 24.8 Å². The van der Waals surface area contributed by atoms with Crippen LogP contribution in [0.2, 0.25) is 5.02 Å². The summed E-state index contributed by atoms with van der Waals surface area (Å²) in [5, 5.41) is 0.383. The summed E-state index contributed by atoms with van der Waals surface area (Å²) in [5.41, 5.74) is 9.80. The number of rotatable bonds is 7. The van der Waals surface area contributed by atoms with Crippen molar-refractivity contribution in [2.45, 2.75) is 46.1 Å². The monoisotopic (exact) mass is 474 g/mol. The molecule has 0 spiro atoms. The molecule has 33 heavy (non-hydrogen) atoms. The predicted octanol–water partition coefficient (Wildman–Crippen LogP) is 4.68. The fourth-order valence-electron chi connectivity index (χ4n) is 3.86. The van der Waals surface area contributed by atoms with E-state index in [9.17, 15) is 9.59 Å². The lowest BCUT2D eigenvalue weighted by molar-refractivity contribution is -0.119. The van der Waals surface area contributed by atoms with E-state index in [1.165, 1.54) is 0 Å². The summed E-state index contributed by atoms with van der Waals surface area (Å²) >= 11 is 6.47. The molecule has 2 N–H and O–H groups in total. The molecule has 0 fully saturated rings. The topological polar surface area (TPSA) is 91.1 Å². The molecule has 0 aliphatic carbocycles. The fourth-order valence-corrected chi connectivity index (χ4v) is 4.19. The van der Waals surface area contributed by atoms with Crippen LogP contribution in [0.1, 0.15) is 37.0 Å². The van der Waals surface area contributed by atoms with E-state index in [1.54, 1.807) is 24.1 Å². The van der Waals surface area contributed by atoms with E-state index in [0.717, 1.165) is 41.0 Å². The van der Waals surface area contributed by atoms with Crippen molar-refractivity contribution in [1.82, 2.24) is 0 Å². The van der Waals surface area contributed by atoms with Gasteiger partial charge in [0.2, 0.25) is 5.91 Å². The van der Waals surface area contributed by atoms with Crippen LogP contribution in [-0.4, -0.2) is 38.4 Å². The molecule has 0 aromatic heterocycles. The van der Waals surface area contributed by atoms with Crippen molar-refractivity contribution in [3.63, 3.8) is 0 Å². The van der Waals surface area contributed by atoms with Gasteiger partial charge in [-0.1, -0.05) is 25.4 Å². The summed E-state index contributed by atoms with van der Waals surface area (Å²) in [4.78, 5) is 26.8. The molecule has 1 unspecified atom stereocenters. The van der Waals surface area contributed by atoms with Crippen LogP contribution >= 0.6 is 11.6 Å². The Hall–Kier alpha value is -2.77. The zero-order valence-electron chi connectivity index (χ0n) is 19.5. The van der Waals surface area contributed by atoms with Gasteiger partial charge >= 0.3 is 6.16 Å². The molecular weight excluding hydrogens is 444 g/mol. The number of carbonyl (C=O) groups is 2. The van der Waals surface area contributed by atoms with Crippen LogP contribution in [0.25, 0.3) is 0 Å². The van der Waals surface area contributed by atoms with Crippen molar-refractivity contribution >= 4 is 29.4 Å². The van der Waals surface area contributed by atoms with Gasteiger partial charge in [-0.25, -0.2) is 4.79 Å². The van der Waals surface area contributed by atoms with Gasteiger partial charge in [-0.2, -0.15) is 0 Å². The molecule has 1 aliphatic heterocycles. The highest BCUT2D eigenvalue weighted by Gasteiger charge is 2.28. The standard InChI is InChI=1S/C25H31ClN2O5/c1-15(2)14-32-25(30)33-19-10-16(3)20(21(26)12-19)13-22(27)24(29)28-9-5-6-17-11-18(31-4)7-8-23(17)28/h7-8,10-12,15,22H,5-6,9,13-14,27H2,1-4H3. The zero-order chi connectivity index (χ0) is 24.1. The number of halogens is 1. The molecule has 0 saturated carbocycles. The number of nitrogens with zero attached hydrogens (tertiary/aromatic N) is 1. The minimum Gasteiger partial charge on any atom is -0.497 e. The van der Waals surface area contributed by atoms with Crippen molar-refractivity contribution in [2.75, 3.05) is 25.2 Å². The maximum Gasteiger partial charge on any atom is 0.513 e. The third kappa shape index (κ3) is 6.18. The Morgan fingerprint density at radius 2 is 1.94 bits per heavy atom. The van der Waals surface area contributed by atoms with E-state index in [1.807, 2.05) is 39.0 Å². The molecule has 1 aliphatic rings. The smallest absolute Gasteiger partial charge is 0.497 e. The van der Waals surface area contributed by atoms with Gasteiger partial charge in [-0.3, -0.25) is 4.79 Å². The number of hydrogen-bond acceptors (Lipinski definition) is 6. The third-order valence-electron chi connectivity index (χ3n) is 5.54. The lowest BCUT2D eigenvalue weighted by atomic mass is 9.97. The van der Waals surface area contributed by atoms with Crippen LogP contribution in [0, 0.1) is 12.8 Å². The first kappa shape index (κ1) is 24.9. The summed E-state index contributed by atoms with van der Waals surface area (Å²) in [6.07, 6.45) is 1.23. The van der Waals surface area contributed by atoms with Crippen molar-refractivity contribution in [1.29, 1.82) is 0 Å². The lowest BCUT2D eigenvalue weighted by Gasteiger charge is -2.32. The Morgan fingerprint density at radius 3 is 2.61 bits per heavy atom. The second-order valence-electron chi connectivity index (χ2n) is 8.66. The zero-order valence-corrected chi connectivity index (χ0v) is 20.3. The highest BCUT2D eigenvalue weighted by atomic mass is 35.5. The first-order chi connectivity index (χ1) is 15.7. The van der Waals surface area contributed by atoms with E-state index < -0.39 is 12.2 Å². The van der Waals surface area contributed by atoms with Gasteiger partial charge in [-0.15, -0.1) is 0 Å². The summed E-state index contributed by atoms with van der Waals surface area (Å²) in [5.74, 6) is 1.10. The van der Waals surface area contributed by atoms with Gasteiger partial charge in [0.1, 0.15) is 11.5 Å². The second kappa shape index (κ2) is 10.9. The summed E-state index contributed by atoms with van der Waals surface area (Å²) in [6.45, 7) is 6.60. The normalized spacial score (nSPS) is 14.0. The Balaban J connectivity index is 1.71. The third-order valence-corrected chi connectivity index (χ3v) is 5.88. The molecule has 7 nitrogen and oxygen atoms in total. The van der Waals surface area contributed by atoms with E-state index in [2.05, 4.69) is 0 Å². The van der Waals surface area contributed by atoms with Crippen LogP contribution in [0.5, 0.6) is 11.5 Å². The second-order valence-corrected chi connectivity index (χ2v) is 9.06. The van der Waals surface area contributed by atoms with Gasteiger partial charge in [0.25, 0.3) is 0 Å². The van der Waals surface area contributed by atoms with Crippen LogP contribution in [0.3, 0.4) is 0 Å². The molecule has 2 aromatic rings. The van der Waals surface area contributed by atoms with Crippen LogP contribution in [0.4, 0.5) is 10.5 Å². The maximum atomic E-state index is 13.2. The number of ether oxygens (including phenoxy) is 3. The summed E-state index contributed by atoms with van der Waals surface area (Å²) < 4.78 is 15.6. The van der Waals surface area contributed by atoms with Crippen LogP contribution in [0.15, 0.2) is 30.3 Å². The molecule has 178 valence electrons. The van der Waals surface area contributed by atoms with Gasteiger partial charge in [0.05, 0.1) is 19.8 Å². The van der Waals surface area contributed by atoms with E-state index in [-0.39, 0.29) is 30.6 Å². The Bertz CT molecular complexity index is 1000. The number of methoxy groups -OCH3 is 1. The Kier molecular flexibility index (Phi) is 8.21. The molecule has 3 rings (SSSR count). The predicted molar refractivity (Wildman–Crippen MR) is 128 cm³/mol. The number of nitrogens with two attached hydrogens (primary N) is 1. The average molecular weight is 475 g/mol. The number of amides is 1. The van der Waals surface area contributed by atoms with Crippen molar-refractivity contribution in [2.24, 2.45) is 11.7 Å². The fraction of sp³-hybridized carbons (Fsp3) is 0.440. The first-order valence-corrected chi connectivity index (χ1v) is 11.4. The van der Waals surface area contributed by atoms with Gasteiger partial charge in [-0.05, 0) is 79.1 Å². The number of fused-ring (bicyclic) bond motifs is 1. The minimum absolute atomic E-state index is 0.158. The summed E-state index contributed by atoms with van der Waals surface area (Å²) in [7, 11) is 1.63. The number of carbonyl (C=O) groups excluding carboxylic acids is 2. The van der Waals surface area contributed by atoms with Crippen LogP contribution < -0.4 is 20.1 Å². The van der Waals surface area contributed by atoms with Crippen molar-refractivity contribution in [3.05, 3.63) is 52.0 Å². The number of benzene rings is 2. The number of anilines is 1. The molecule has 1 heterocycles. The van der Waals surface area contributed by atoms with Crippen molar-refractivity contribution in [3.8, 4) is 11.5 Å². The van der Waals surface area contributed by atoms with E-state index in [0.29, 0.717) is 11.6 Å². The molecule has 1 amide bonds. The summed E-state index contributed by atoms with van der Waals surface area (Å²) in [6, 6.07) is 8.18. The molecule has 0 bridgehead atoms. The number of aryl methyl sites for hydroxylation is 2. The van der Waals surface area contributed by atoms with E-state index >= 15 is 0 Å². The Morgan fingerprint density at radius 1 is 1.18 bits per heavy atom. The molecule has 8 heteroatoms. The first-order valence-electron chi connectivity index (χ1n) is 11.1. The molecular formula is C25H31ClN2O5. The largest absolute Gasteiger partial charge is 0.513 e. The average Bonchev–Trinajstić information content (AvgIpc) is 2.78. The minimum atomic E-state index is -0.779. The highest BCUT2D eigenvalue weighted by molar-refractivity contribution is 6.31. The van der Waals surface area contributed by atoms with Gasteiger partial charge in [0.15, 0.2) is 0 Å². The number of hydrogen-bond donors (Lipinski definition) is 1. The molecule has 0 radical (unpaired) electrons. The molecule has 2 aromatic carbocycles. The van der Waals surface area contributed by atoms with Crippen LogP contribution in [-0.2, 0) is 22.4 Å². The highest BCUT2D eigenvalue weighted by Crippen LogP contribution is 2.32. The molecule has 0 saturated heterocycles. The van der Waals surface area contributed by atoms with Crippen molar-refractivity contribution < 1.29 is 23.8 Å². The molecule has 1 atom stereocenters. The van der Waals surface area contributed by atoms with E-state index in [4.69, 9.17) is 31.5 Å². The SMILES string of the molecule is COc1ccc2c(c1)CCCN2C(=O)C(N)Cc1c(C)cc(OC(=O)OCC(C)C)cc1Cl.